The zero-order valence-electron chi connectivity index (χ0n) is 18.6. The van der Waals surface area contributed by atoms with Crippen molar-refractivity contribution in [1.82, 2.24) is 10.6 Å². The fourth-order valence-corrected chi connectivity index (χ4v) is 4.94. The predicted molar refractivity (Wildman–Crippen MR) is 122 cm³/mol. The van der Waals surface area contributed by atoms with E-state index in [0.717, 1.165) is 25.7 Å². The van der Waals surface area contributed by atoms with Gasteiger partial charge in [0.1, 0.15) is 13.5 Å². The molecule has 3 aliphatic rings. The molecule has 0 aliphatic heterocycles. The Bertz CT molecular complexity index is 457. The molecule has 3 saturated carbocycles. The Kier molecular flexibility index (Phi) is 10.5. The molecule has 0 aromatic rings. The molecule has 3 fully saturated rings. The van der Waals surface area contributed by atoms with E-state index in [1.54, 1.807) is 0 Å². The van der Waals surface area contributed by atoms with Gasteiger partial charge in [0, 0.05) is 24.2 Å². The maximum Gasteiger partial charge on any atom is 0.138 e. The summed E-state index contributed by atoms with van der Waals surface area (Å²) >= 11 is 0. The van der Waals surface area contributed by atoms with Crippen molar-refractivity contribution in [3.63, 3.8) is 0 Å². The molecule has 0 unspecified atom stereocenters. The van der Waals surface area contributed by atoms with Crippen molar-refractivity contribution in [1.29, 1.82) is 0 Å². The summed E-state index contributed by atoms with van der Waals surface area (Å²) in [6.07, 6.45) is 22.4. The minimum atomic E-state index is 0.401. The maximum atomic E-state index is 5.95. The SMILES string of the molecule is NC1CCC(NCOC=CC2CCC(C=COCNC3CCC(N)CC3)CC2)CC1. The molecule has 0 saturated heterocycles. The maximum absolute atomic E-state index is 5.95. The van der Waals surface area contributed by atoms with E-state index in [2.05, 4.69) is 22.8 Å². The van der Waals surface area contributed by atoms with E-state index >= 15 is 0 Å². The first kappa shape index (κ1) is 23.6. The Morgan fingerprint density at radius 2 is 0.933 bits per heavy atom. The lowest BCUT2D eigenvalue weighted by Gasteiger charge is -2.27. The van der Waals surface area contributed by atoms with E-state index in [1.807, 2.05) is 12.5 Å². The quantitative estimate of drug-likeness (QED) is 0.246. The molecule has 0 amide bonds. The molecule has 6 N–H and O–H groups in total. The highest BCUT2D eigenvalue weighted by Crippen LogP contribution is 2.30. The summed E-state index contributed by atoms with van der Waals surface area (Å²) in [5.41, 5.74) is 11.9. The number of nitrogens with one attached hydrogen (secondary N) is 2. The van der Waals surface area contributed by atoms with Crippen molar-refractivity contribution in [3.8, 4) is 0 Å². The number of nitrogens with two attached hydrogens (primary N) is 2. The summed E-state index contributed by atoms with van der Waals surface area (Å²) in [7, 11) is 0. The zero-order chi connectivity index (χ0) is 21.0. The molecule has 6 nitrogen and oxygen atoms in total. The Balaban J connectivity index is 1.17. The first-order chi connectivity index (χ1) is 14.7. The predicted octanol–water partition coefficient (Wildman–Crippen LogP) is 3.49. The minimum absolute atomic E-state index is 0.401. The van der Waals surface area contributed by atoms with Crippen LogP contribution in [0.4, 0.5) is 0 Å². The normalized spacial score (nSPS) is 35.7. The second-order valence-electron chi connectivity index (χ2n) is 9.59. The van der Waals surface area contributed by atoms with Crippen LogP contribution in [0, 0.1) is 11.8 Å². The van der Waals surface area contributed by atoms with E-state index in [9.17, 15) is 0 Å². The summed E-state index contributed by atoms with van der Waals surface area (Å²) in [5.74, 6) is 1.28. The van der Waals surface area contributed by atoms with E-state index in [-0.39, 0.29) is 0 Å². The fraction of sp³-hybridized carbons (Fsp3) is 0.833. The second-order valence-corrected chi connectivity index (χ2v) is 9.59. The van der Waals surface area contributed by atoms with Crippen molar-refractivity contribution in [2.45, 2.75) is 101 Å². The molecule has 0 aromatic heterocycles. The summed E-state index contributed by atoms with van der Waals surface area (Å²) in [5, 5.41) is 6.96. The van der Waals surface area contributed by atoms with Crippen molar-refractivity contribution >= 4 is 0 Å². The molecule has 0 radical (unpaired) electrons. The first-order valence-electron chi connectivity index (χ1n) is 12.2. The number of ether oxygens (including phenoxy) is 2. The van der Waals surface area contributed by atoms with Gasteiger partial charge in [-0.25, -0.2) is 0 Å². The lowest BCUT2D eigenvalue weighted by Crippen LogP contribution is -2.38. The molecule has 0 aromatic carbocycles. The Labute approximate surface area is 183 Å². The van der Waals surface area contributed by atoms with Crippen molar-refractivity contribution < 1.29 is 9.47 Å². The van der Waals surface area contributed by atoms with Crippen LogP contribution in [-0.4, -0.2) is 37.6 Å². The lowest BCUT2D eigenvalue weighted by atomic mass is 9.82. The van der Waals surface area contributed by atoms with E-state index in [1.165, 1.54) is 51.4 Å². The Hall–Kier alpha value is -1.08. The molecule has 0 bridgehead atoms. The van der Waals surface area contributed by atoms with Crippen LogP contribution in [0.25, 0.3) is 0 Å². The van der Waals surface area contributed by atoms with E-state index in [0.29, 0.717) is 49.5 Å². The summed E-state index contributed by atoms with van der Waals surface area (Å²) in [6, 6.07) is 1.94. The summed E-state index contributed by atoms with van der Waals surface area (Å²) in [6.45, 7) is 1.21. The summed E-state index contributed by atoms with van der Waals surface area (Å²) < 4.78 is 11.3. The number of rotatable bonds is 10. The third-order valence-electron chi connectivity index (χ3n) is 7.16. The van der Waals surface area contributed by atoms with Gasteiger partial charge >= 0.3 is 0 Å². The third kappa shape index (κ3) is 8.96. The minimum Gasteiger partial charge on any atom is -0.486 e. The van der Waals surface area contributed by atoms with Crippen LogP contribution in [-0.2, 0) is 9.47 Å². The van der Waals surface area contributed by atoms with E-state index in [4.69, 9.17) is 20.9 Å². The molecule has 0 spiro atoms. The van der Waals surface area contributed by atoms with Gasteiger partial charge in [0.2, 0.25) is 0 Å². The van der Waals surface area contributed by atoms with Gasteiger partial charge in [0.05, 0.1) is 12.5 Å². The van der Waals surface area contributed by atoms with Crippen LogP contribution in [0.3, 0.4) is 0 Å². The number of hydrogen-bond acceptors (Lipinski definition) is 6. The molecule has 3 aliphatic carbocycles. The average molecular weight is 421 g/mol. The van der Waals surface area contributed by atoms with Crippen molar-refractivity contribution in [3.05, 3.63) is 24.7 Å². The monoisotopic (exact) mass is 420 g/mol. The molecule has 3 rings (SSSR count). The van der Waals surface area contributed by atoms with Crippen LogP contribution in [0.5, 0.6) is 0 Å². The van der Waals surface area contributed by atoms with Crippen molar-refractivity contribution in [2.75, 3.05) is 13.5 Å². The lowest BCUT2D eigenvalue weighted by molar-refractivity contribution is 0.185. The van der Waals surface area contributed by atoms with Crippen molar-refractivity contribution in [2.24, 2.45) is 23.3 Å². The van der Waals surface area contributed by atoms with Gasteiger partial charge in [0.15, 0.2) is 0 Å². The van der Waals surface area contributed by atoms with Crippen LogP contribution in [0.15, 0.2) is 24.7 Å². The Morgan fingerprint density at radius 1 is 0.567 bits per heavy atom. The van der Waals surface area contributed by atoms with Gasteiger partial charge in [-0.2, -0.15) is 0 Å². The zero-order valence-corrected chi connectivity index (χ0v) is 18.6. The molecule has 0 atom stereocenters. The molecule has 30 heavy (non-hydrogen) atoms. The number of allylic oxidation sites excluding steroid dienone is 2. The third-order valence-corrected chi connectivity index (χ3v) is 7.16. The highest BCUT2D eigenvalue weighted by Gasteiger charge is 2.19. The average Bonchev–Trinajstić information content (AvgIpc) is 2.77. The Morgan fingerprint density at radius 3 is 1.30 bits per heavy atom. The van der Waals surface area contributed by atoms with Gasteiger partial charge in [-0.3, -0.25) is 10.6 Å². The molecule has 6 heteroatoms. The van der Waals surface area contributed by atoms with Crippen LogP contribution < -0.4 is 22.1 Å². The van der Waals surface area contributed by atoms with Gasteiger partial charge in [-0.15, -0.1) is 0 Å². The summed E-state index contributed by atoms with van der Waals surface area (Å²) in [4.78, 5) is 0. The van der Waals surface area contributed by atoms with Gasteiger partial charge in [0.25, 0.3) is 0 Å². The van der Waals surface area contributed by atoms with Crippen LogP contribution in [0.1, 0.15) is 77.0 Å². The van der Waals surface area contributed by atoms with Crippen LogP contribution in [0.2, 0.25) is 0 Å². The van der Waals surface area contributed by atoms with Gasteiger partial charge < -0.3 is 20.9 Å². The smallest absolute Gasteiger partial charge is 0.138 e. The molecule has 172 valence electrons. The van der Waals surface area contributed by atoms with Gasteiger partial charge in [-0.1, -0.05) is 0 Å². The largest absolute Gasteiger partial charge is 0.486 e. The van der Waals surface area contributed by atoms with Gasteiger partial charge in [-0.05, 0) is 101 Å². The highest BCUT2D eigenvalue weighted by molar-refractivity contribution is 4.92. The van der Waals surface area contributed by atoms with Crippen LogP contribution >= 0.6 is 0 Å². The second kappa shape index (κ2) is 13.4. The highest BCUT2D eigenvalue weighted by atomic mass is 16.5. The fourth-order valence-electron chi connectivity index (χ4n) is 4.94. The molecule has 0 heterocycles. The topological polar surface area (TPSA) is 94.6 Å². The molecular formula is C24H44N4O2. The first-order valence-corrected chi connectivity index (χ1v) is 12.2. The van der Waals surface area contributed by atoms with E-state index < -0.39 is 0 Å². The standard InChI is InChI=1S/C24H44N4O2/c25-21-5-9-23(10-6-21)27-17-29-15-13-19-1-2-20(4-3-19)14-16-30-18-28-24-11-7-22(26)8-12-24/h13-16,19-24,27-28H,1-12,17-18,25-26H2. The number of hydrogen-bond donors (Lipinski definition) is 4. The molecular weight excluding hydrogens is 376 g/mol.